The minimum atomic E-state index is -3.83. The van der Waals surface area contributed by atoms with Gasteiger partial charge in [-0.1, -0.05) is 78.3 Å². The topological polar surface area (TPSA) is 66.4 Å². The summed E-state index contributed by atoms with van der Waals surface area (Å²) in [6.45, 7) is 0. The number of phenolic OH excluding ortho intramolecular Hbond substituents is 1. The second-order valence-corrected chi connectivity index (χ2v) is 9.07. The lowest BCUT2D eigenvalue weighted by Crippen LogP contribution is -2.28. The van der Waals surface area contributed by atoms with E-state index in [0.717, 1.165) is 11.1 Å². The van der Waals surface area contributed by atoms with Crippen LogP contribution in [0.2, 0.25) is 5.02 Å². The number of rotatable bonds is 1. The molecule has 1 aliphatic rings. The number of phenols is 1. The molecule has 1 aliphatic heterocycles. The van der Waals surface area contributed by atoms with Gasteiger partial charge in [-0.3, -0.25) is 0 Å². The lowest BCUT2D eigenvalue weighted by molar-refractivity contribution is 0.469. The van der Waals surface area contributed by atoms with E-state index in [1.807, 2.05) is 48.5 Å². The third-order valence-corrected chi connectivity index (χ3v) is 7.11. The Labute approximate surface area is 173 Å². The van der Waals surface area contributed by atoms with Crippen molar-refractivity contribution >= 4 is 32.4 Å². The van der Waals surface area contributed by atoms with Gasteiger partial charge >= 0.3 is 0 Å². The van der Waals surface area contributed by atoms with E-state index in [1.54, 1.807) is 30.3 Å². The summed E-state index contributed by atoms with van der Waals surface area (Å²) >= 11 is 6.49. The molecule has 0 fully saturated rings. The van der Waals surface area contributed by atoms with E-state index in [2.05, 4.69) is 4.72 Å². The molecule has 1 atom stereocenters. The molecule has 0 aliphatic carbocycles. The van der Waals surface area contributed by atoms with E-state index in [4.69, 9.17) is 11.6 Å². The van der Waals surface area contributed by atoms with Gasteiger partial charge in [0.1, 0.15) is 5.75 Å². The second kappa shape index (κ2) is 6.59. The molecule has 6 heteroatoms. The lowest BCUT2D eigenvalue weighted by atomic mass is 9.90. The van der Waals surface area contributed by atoms with E-state index in [0.29, 0.717) is 26.9 Å². The molecular weight excluding hydrogens is 406 g/mol. The van der Waals surface area contributed by atoms with E-state index in [9.17, 15) is 13.5 Å². The van der Waals surface area contributed by atoms with Gasteiger partial charge in [-0.2, -0.15) is 4.72 Å². The molecule has 0 amide bonds. The van der Waals surface area contributed by atoms with Crippen LogP contribution < -0.4 is 4.72 Å². The maximum atomic E-state index is 13.2. The summed E-state index contributed by atoms with van der Waals surface area (Å²) < 4.78 is 29.1. The van der Waals surface area contributed by atoms with Gasteiger partial charge in [0.25, 0.3) is 0 Å². The van der Waals surface area contributed by atoms with Gasteiger partial charge in [0.05, 0.1) is 10.9 Å². The normalized spacial score (nSPS) is 17.3. The van der Waals surface area contributed by atoms with Crippen LogP contribution in [0.4, 0.5) is 0 Å². The van der Waals surface area contributed by atoms with E-state index in [-0.39, 0.29) is 10.6 Å². The van der Waals surface area contributed by atoms with Crippen LogP contribution in [0.3, 0.4) is 0 Å². The first-order valence-corrected chi connectivity index (χ1v) is 10.9. The fourth-order valence-electron chi connectivity index (χ4n) is 3.99. The minimum Gasteiger partial charge on any atom is -0.507 e. The third kappa shape index (κ3) is 2.82. The van der Waals surface area contributed by atoms with Gasteiger partial charge in [0.15, 0.2) is 0 Å². The van der Waals surface area contributed by atoms with Gasteiger partial charge < -0.3 is 5.11 Å². The number of benzene rings is 4. The van der Waals surface area contributed by atoms with Crippen LogP contribution in [0.1, 0.15) is 17.2 Å². The van der Waals surface area contributed by atoms with E-state index in [1.165, 1.54) is 0 Å². The fourth-order valence-corrected chi connectivity index (χ4v) is 5.69. The summed E-state index contributed by atoms with van der Waals surface area (Å²) in [5, 5.41) is 12.8. The average molecular weight is 422 g/mol. The Morgan fingerprint density at radius 3 is 2.21 bits per heavy atom. The van der Waals surface area contributed by atoms with Crippen LogP contribution in [0.25, 0.3) is 21.9 Å². The molecule has 144 valence electrons. The van der Waals surface area contributed by atoms with E-state index < -0.39 is 16.1 Å². The summed E-state index contributed by atoms with van der Waals surface area (Å²) in [5.74, 6) is 0.0125. The highest BCUT2D eigenvalue weighted by Crippen LogP contribution is 2.44. The molecule has 0 bridgehead atoms. The number of aromatic hydroxyl groups is 1. The Balaban J connectivity index is 1.84. The van der Waals surface area contributed by atoms with Crippen molar-refractivity contribution in [1.82, 2.24) is 4.72 Å². The highest BCUT2D eigenvalue weighted by atomic mass is 35.5. The maximum Gasteiger partial charge on any atom is 0.242 e. The molecule has 0 aromatic heterocycles. The highest BCUT2D eigenvalue weighted by molar-refractivity contribution is 7.89. The zero-order chi connectivity index (χ0) is 20.2. The summed E-state index contributed by atoms with van der Waals surface area (Å²) in [7, 11) is -3.83. The van der Waals surface area contributed by atoms with Crippen molar-refractivity contribution in [2.45, 2.75) is 10.9 Å². The molecule has 29 heavy (non-hydrogen) atoms. The van der Waals surface area contributed by atoms with E-state index >= 15 is 0 Å². The van der Waals surface area contributed by atoms with Crippen LogP contribution in [0.15, 0.2) is 83.8 Å². The molecule has 0 saturated heterocycles. The average Bonchev–Trinajstić information content (AvgIpc) is 2.84. The highest BCUT2D eigenvalue weighted by Gasteiger charge is 2.33. The molecule has 0 spiro atoms. The first kappa shape index (κ1) is 18.2. The van der Waals surface area contributed by atoms with Gasteiger partial charge in [-0.05, 0) is 23.3 Å². The Morgan fingerprint density at radius 2 is 1.41 bits per heavy atom. The van der Waals surface area contributed by atoms with Crippen LogP contribution in [-0.4, -0.2) is 13.5 Å². The van der Waals surface area contributed by atoms with Crippen LogP contribution in [0, 0.1) is 0 Å². The standard InChI is InChI=1S/C23H16ClNO3S/c24-20-13-19(23(26)18-11-4-2-8-15(18)20)22-17-10-3-1-7-14(17)16-9-5-6-12-21(16)29(27,28)25-22/h1-13,22,25-26H. The summed E-state index contributed by atoms with van der Waals surface area (Å²) in [6.07, 6.45) is 0. The first-order valence-electron chi connectivity index (χ1n) is 9.08. The van der Waals surface area contributed by atoms with Crippen LogP contribution in [-0.2, 0) is 10.0 Å². The Kier molecular flexibility index (Phi) is 4.13. The molecule has 4 aromatic carbocycles. The van der Waals surface area contributed by atoms with Crippen molar-refractivity contribution in [2.24, 2.45) is 0 Å². The summed E-state index contributed by atoms with van der Waals surface area (Å²) in [5.41, 5.74) is 2.59. The predicted molar refractivity (Wildman–Crippen MR) is 115 cm³/mol. The first-order chi connectivity index (χ1) is 14.0. The van der Waals surface area contributed by atoms with Gasteiger partial charge in [0, 0.05) is 26.9 Å². The van der Waals surface area contributed by atoms with Crippen molar-refractivity contribution in [1.29, 1.82) is 0 Å². The van der Waals surface area contributed by atoms with Crippen molar-refractivity contribution in [3.8, 4) is 16.9 Å². The molecule has 4 aromatic rings. The molecule has 1 heterocycles. The SMILES string of the molecule is O=S1(=O)NC(c2cc(Cl)c3ccccc3c2O)c2ccccc2-c2ccccc21. The smallest absolute Gasteiger partial charge is 0.242 e. The van der Waals surface area contributed by atoms with Crippen LogP contribution >= 0.6 is 11.6 Å². The molecule has 1 unspecified atom stereocenters. The van der Waals surface area contributed by atoms with Crippen molar-refractivity contribution in [3.63, 3.8) is 0 Å². The van der Waals surface area contributed by atoms with Gasteiger partial charge in [-0.25, -0.2) is 8.42 Å². The summed E-state index contributed by atoms with van der Waals surface area (Å²) in [4.78, 5) is 0.210. The molecule has 5 rings (SSSR count). The van der Waals surface area contributed by atoms with Gasteiger partial charge in [-0.15, -0.1) is 0 Å². The second-order valence-electron chi connectivity index (χ2n) is 6.98. The van der Waals surface area contributed by atoms with Crippen molar-refractivity contribution in [2.75, 3.05) is 0 Å². The molecule has 0 saturated carbocycles. The van der Waals surface area contributed by atoms with Crippen LogP contribution in [0.5, 0.6) is 5.75 Å². The number of nitrogens with one attached hydrogen (secondary N) is 1. The molecule has 4 nitrogen and oxygen atoms in total. The Morgan fingerprint density at radius 1 is 0.793 bits per heavy atom. The number of sulfonamides is 1. The van der Waals surface area contributed by atoms with Crippen molar-refractivity contribution in [3.05, 3.63) is 95.0 Å². The minimum absolute atomic E-state index is 0.0125. The summed E-state index contributed by atoms with van der Waals surface area (Å²) in [6, 6.07) is 22.5. The maximum absolute atomic E-state index is 13.2. The zero-order valence-electron chi connectivity index (χ0n) is 15.1. The van der Waals surface area contributed by atoms with Crippen molar-refractivity contribution < 1.29 is 13.5 Å². The fraction of sp³-hybridized carbons (Fsp3) is 0.0435. The molecule has 2 N–H and O–H groups in total. The quantitative estimate of drug-likeness (QED) is 0.441. The molecule has 0 radical (unpaired) electrons. The zero-order valence-corrected chi connectivity index (χ0v) is 16.7. The number of halogens is 1. The lowest BCUT2D eigenvalue weighted by Gasteiger charge is -2.21. The third-order valence-electron chi connectivity index (χ3n) is 5.32. The largest absolute Gasteiger partial charge is 0.507 e. The Bertz CT molecular complexity index is 1380. The number of fused-ring (bicyclic) bond motifs is 4. The van der Waals surface area contributed by atoms with Gasteiger partial charge in [0.2, 0.25) is 10.0 Å². The monoisotopic (exact) mass is 421 g/mol. The molecular formula is C23H16ClNO3S. The predicted octanol–water partition coefficient (Wildman–Crippen LogP) is 5.25. The number of hydrogen-bond acceptors (Lipinski definition) is 3. The number of hydrogen-bond donors (Lipinski definition) is 2. The Hall–Kier alpha value is -2.86.